The molecule has 0 spiro atoms. The van der Waals surface area contributed by atoms with E-state index in [0.717, 1.165) is 16.7 Å². The summed E-state index contributed by atoms with van der Waals surface area (Å²) in [6.07, 6.45) is 0. The second-order valence-electron chi connectivity index (χ2n) is 7.13. The van der Waals surface area contributed by atoms with Crippen molar-refractivity contribution in [2.75, 3.05) is 32.7 Å². The van der Waals surface area contributed by atoms with Gasteiger partial charge in [0.2, 0.25) is 15.9 Å². The molecule has 1 aliphatic rings. The SMILES string of the molecule is Cc1cc(C)c(S(=O)(=O)N2CCN(CC(=O)NC(C)C)CC2)c(C)c1. The predicted molar refractivity (Wildman–Crippen MR) is 99.1 cm³/mol. The van der Waals surface area contributed by atoms with Gasteiger partial charge in [-0.2, -0.15) is 4.31 Å². The van der Waals surface area contributed by atoms with Crippen LogP contribution in [0.3, 0.4) is 0 Å². The Labute approximate surface area is 151 Å². The smallest absolute Gasteiger partial charge is 0.243 e. The summed E-state index contributed by atoms with van der Waals surface area (Å²) in [5.41, 5.74) is 2.64. The zero-order chi connectivity index (χ0) is 18.8. The number of nitrogens with one attached hydrogen (secondary N) is 1. The highest BCUT2D eigenvalue weighted by Gasteiger charge is 2.31. The van der Waals surface area contributed by atoms with Crippen molar-refractivity contribution in [2.24, 2.45) is 0 Å². The Kier molecular flexibility index (Phi) is 6.24. The van der Waals surface area contributed by atoms with Gasteiger partial charge < -0.3 is 5.32 Å². The molecule has 1 amide bonds. The summed E-state index contributed by atoms with van der Waals surface area (Å²) in [5, 5.41) is 2.87. The molecule has 1 aliphatic heterocycles. The van der Waals surface area contributed by atoms with Gasteiger partial charge in [-0.25, -0.2) is 8.42 Å². The fraction of sp³-hybridized carbons (Fsp3) is 0.611. The molecule has 7 heteroatoms. The summed E-state index contributed by atoms with van der Waals surface area (Å²) in [6.45, 7) is 11.8. The number of hydrogen-bond acceptors (Lipinski definition) is 4. The summed E-state index contributed by atoms with van der Waals surface area (Å²) in [6, 6.07) is 3.93. The van der Waals surface area contributed by atoms with Crippen LogP contribution >= 0.6 is 0 Å². The highest BCUT2D eigenvalue weighted by Crippen LogP contribution is 2.25. The molecule has 0 bridgehead atoms. The number of hydrogen-bond donors (Lipinski definition) is 1. The van der Waals surface area contributed by atoms with Crippen molar-refractivity contribution in [1.29, 1.82) is 0 Å². The second-order valence-corrected chi connectivity index (χ2v) is 9.01. The van der Waals surface area contributed by atoms with Crippen LogP contribution in [0.4, 0.5) is 0 Å². The zero-order valence-electron chi connectivity index (χ0n) is 15.8. The molecule has 1 N–H and O–H groups in total. The lowest BCUT2D eigenvalue weighted by molar-refractivity contribution is -0.123. The van der Waals surface area contributed by atoms with E-state index in [1.54, 1.807) is 0 Å². The van der Waals surface area contributed by atoms with E-state index >= 15 is 0 Å². The molecule has 0 aromatic heterocycles. The maximum Gasteiger partial charge on any atom is 0.243 e. The molecule has 0 aliphatic carbocycles. The van der Waals surface area contributed by atoms with Crippen molar-refractivity contribution in [2.45, 2.75) is 45.6 Å². The van der Waals surface area contributed by atoms with Gasteiger partial charge in [-0.15, -0.1) is 0 Å². The summed E-state index contributed by atoms with van der Waals surface area (Å²) in [4.78, 5) is 14.3. The number of amides is 1. The molecule has 25 heavy (non-hydrogen) atoms. The van der Waals surface area contributed by atoms with E-state index in [0.29, 0.717) is 37.6 Å². The lowest BCUT2D eigenvalue weighted by Crippen LogP contribution is -2.51. The summed E-state index contributed by atoms with van der Waals surface area (Å²) in [7, 11) is -3.50. The minimum Gasteiger partial charge on any atom is -0.353 e. The molecule has 0 atom stereocenters. The maximum absolute atomic E-state index is 13.0. The first-order valence-corrected chi connectivity index (χ1v) is 10.1. The van der Waals surface area contributed by atoms with Gasteiger partial charge in [0.25, 0.3) is 0 Å². The Hall–Kier alpha value is -1.44. The molecule has 1 fully saturated rings. The van der Waals surface area contributed by atoms with Crippen LogP contribution in [-0.2, 0) is 14.8 Å². The van der Waals surface area contributed by atoms with Crippen molar-refractivity contribution >= 4 is 15.9 Å². The molecule has 6 nitrogen and oxygen atoms in total. The fourth-order valence-electron chi connectivity index (χ4n) is 3.40. The minimum absolute atomic E-state index is 0.0171. The zero-order valence-corrected chi connectivity index (χ0v) is 16.6. The average molecular weight is 368 g/mol. The number of carbonyl (C=O) groups is 1. The first-order valence-electron chi connectivity index (χ1n) is 8.71. The standard InChI is InChI=1S/C18H29N3O3S/c1-13(2)19-17(22)12-20-6-8-21(9-7-20)25(23,24)18-15(4)10-14(3)11-16(18)5/h10-11,13H,6-9,12H2,1-5H3,(H,19,22). The molecule has 0 radical (unpaired) electrons. The molecule has 1 saturated heterocycles. The Morgan fingerprint density at radius 2 is 1.60 bits per heavy atom. The van der Waals surface area contributed by atoms with Crippen LogP contribution in [0, 0.1) is 20.8 Å². The number of rotatable bonds is 5. The van der Waals surface area contributed by atoms with E-state index in [1.165, 1.54) is 4.31 Å². The average Bonchev–Trinajstić information content (AvgIpc) is 2.45. The third-order valence-electron chi connectivity index (χ3n) is 4.35. The Balaban J connectivity index is 2.06. The summed E-state index contributed by atoms with van der Waals surface area (Å²) < 4.78 is 27.6. The Morgan fingerprint density at radius 3 is 2.08 bits per heavy atom. The molecular weight excluding hydrogens is 338 g/mol. The lowest BCUT2D eigenvalue weighted by Gasteiger charge is -2.34. The number of piperazine rings is 1. The van der Waals surface area contributed by atoms with Crippen molar-refractivity contribution in [3.8, 4) is 0 Å². The van der Waals surface area contributed by atoms with E-state index in [9.17, 15) is 13.2 Å². The minimum atomic E-state index is -3.50. The van der Waals surface area contributed by atoms with Crippen molar-refractivity contribution in [3.63, 3.8) is 0 Å². The summed E-state index contributed by atoms with van der Waals surface area (Å²) in [5.74, 6) is -0.0171. The third kappa shape index (κ3) is 4.80. The molecule has 0 saturated carbocycles. The number of nitrogens with zero attached hydrogens (tertiary/aromatic N) is 2. The predicted octanol–water partition coefficient (Wildman–Crippen LogP) is 1.44. The van der Waals surface area contributed by atoms with Gasteiger partial charge in [-0.05, 0) is 45.7 Å². The van der Waals surface area contributed by atoms with Gasteiger partial charge >= 0.3 is 0 Å². The molecule has 1 aromatic carbocycles. The van der Waals surface area contributed by atoms with Gasteiger partial charge in [-0.1, -0.05) is 17.7 Å². The lowest BCUT2D eigenvalue weighted by atomic mass is 10.1. The third-order valence-corrected chi connectivity index (χ3v) is 6.56. The first kappa shape index (κ1) is 19.9. The van der Waals surface area contributed by atoms with Crippen LogP contribution in [0.5, 0.6) is 0 Å². The topological polar surface area (TPSA) is 69.7 Å². The largest absolute Gasteiger partial charge is 0.353 e. The number of sulfonamides is 1. The highest BCUT2D eigenvalue weighted by molar-refractivity contribution is 7.89. The highest BCUT2D eigenvalue weighted by atomic mass is 32.2. The molecular formula is C18H29N3O3S. The Bertz CT molecular complexity index is 713. The van der Waals surface area contributed by atoms with Crippen molar-refractivity contribution in [1.82, 2.24) is 14.5 Å². The van der Waals surface area contributed by atoms with E-state index < -0.39 is 10.0 Å². The van der Waals surface area contributed by atoms with Gasteiger partial charge in [-0.3, -0.25) is 9.69 Å². The van der Waals surface area contributed by atoms with Crippen molar-refractivity contribution in [3.05, 3.63) is 28.8 Å². The second kappa shape index (κ2) is 7.85. The van der Waals surface area contributed by atoms with Gasteiger partial charge in [0.1, 0.15) is 0 Å². The molecule has 1 aromatic rings. The van der Waals surface area contributed by atoms with E-state index in [1.807, 2.05) is 51.7 Å². The van der Waals surface area contributed by atoms with Crippen LogP contribution < -0.4 is 5.32 Å². The van der Waals surface area contributed by atoms with Crippen molar-refractivity contribution < 1.29 is 13.2 Å². The molecule has 1 heterocycles. The van der Waals surface area contributed by atoms with Crippen LogP contribution in [0.2, 0.25) is 0 Å². The molecule has 140 valence electrons. The maximum atomic E-state index is 13.0. The van der Waals surface area contributed by atoms with Crippen LogP contribution in [-0.4, -0.2) is 62.3 Å². The van der Waals surface area contributed by atoms with Crippen LogP contribution in [0.25, 0.3) is 0 Å². The van der Waals surface area contributed by atoms with Crippen LogP contribution in [0.1, 0.15) is 30.5 Å². The van der Waals surface area contributed by atoms with E-state index in [2.05, 4.69) is 5.32 Å². The Morgan fingerprint density at radius 1 is 1.08 bits per heavy atom. The number of benzene rings is 1. The van der Waals surface area contributed by atoms with Gasteiger partial charge in [0.05, 0.1) is 11.4 Å². The number of carbonyl (C=O) groups excluding carboxylic acids is 1. The van der Waals surface area contributed by atoms with E-state index in [4.69, 9.17) is 0 Å². The summed E-state index contributed by atoms with van der Waals surface area (Å²) >= 11 is 0. The van der Waals surface area contributed by atoms with Gasteiger partial charge in [0.15, 0.2) is 0 Å². The molecule has 2 rings (SSSR count). The number of aryl methyl sites for hydroxylation is 3. The first-order chi connectivity index (χ1) is 11.6. The monoisotopic (exact) mass is 367 g/mol. The fourth-order valence-corrected chi connectivity index (χ4v) is 5.24. The normalized spacial score (nSPS) is 17.0. The van der Waals surface area contributed by atoms with Crippen LogP contribution in [0.15, 0.2) is 17.0 Å². The quantitative estimate of drug-likeness (QED) is 0.855. The van der Waals surface area contributed by atoms with E-state index in [-0.39, 0.29) is 11.9 Å². The van der Waals surface area contributed by atoms with Gasteiger partial charge in [0, 0.05) is 32.2 Å². The molecule has 0 unspecified atom stereocenters.